The Bertz CT molecular complexity index is 1160. The summed E-state index contributed by atoms with van der Waals surface area (Å²) in [6, 6.07) is 19.8. The lowest BCUT2D eigenvalue weighted by atomic mass is 10.1. The molecule has 1 amide bonds. The largest absolute Gasteiger partial charge is 0.488 e. The van der Waals surface area contributed by atoms with Crippen LogP contribution in [0.5, 0.6) is 5.75 Å². The molecule has 150 valence electrons. The molecule has 1 N–H and O–H groups in total. The lowest BCUT2D eigenvalue weighted by Crippen LogP contribution is -2.14. The molecule has 0 heterocycles. The molecule has 0 fully saturated rings. The number of rotatable bonds is 6. The van der Waals surface area contributed by atoms with E-state index in [1.807, 2.05) is 6.07 Å². The zero-order valence-electron chi connectivity index (χ0n) is 15.5. The highest BCUT2D eigenvalue weighted by Crippen LogP contribution is 2.30. The van der Waals surface area contributed by atoms with Crippen LogP contribution in [0.25, 0.3) is 6.08 Å². The van der Waals surface area contributed by atoms with Gasteiger partial charge in [-0.3, -0.25) is 4.79 Å². The molecule has 3 aromatic rings. The first-order chi connectivity index (χ1) is 14.5. The van der Waals surface area contributed by atoms with E-state index in [4.69, 9.17) is 27.9 Å². The number of hydrogen-bond acceptors (Lipinski definition) is 3. The molecule has 0 saturated carbocycles. The number of carbonyl (C=O) groups is 1. The molecule has 0 aliphatic rings. The summed E-state index contributed by atoms with van der Waals surface area (Å²) in [6.45, 7) is 0.00370. The fourth-order valence-corrected chi connectivity index (χ4v) is 2.94. The molecule has 0 saturated heterocycles. The quantitative estimate of drug-likeness (QED) is 0.363. The number of nitrogens with one attached hydrogen (secondary N) is 1. The van der Waals surface area contributed by atoms with Crippen molar-refractivity contribution in [1.29, 1.82) is 5.26 Å². The summed E-state index contributed by atoms with van der Waals surface area (Å²) in [4.78, 5) is 12.6. The number of para-hydroxylation sites is 1. The van der Waals surface area contributed by atoms with Crippen LogP contribution >= 0.6 is 23.2 Å². The molecular formula is C23H15Cl2FN2O2. The number of amides is 1. The molecule has 0 spiro atoms. The van der Waals surface area contributed by atoms with Crippen LogP contribution in [0.15, 0.2) is 72.3 Å². The minimum atomic E-state index is -0.648. The average Bonchev–Trinajstić information content (AvgIpc) is 2.75. The van der Waals surface area contributed by atoms with E-state index in [2.05, 4.69) is 5.32 Å². The minimum absolute atomic E-state index is 0.00370. The van der Waals surface area contributed by atoms with Gasteiger partial charge in [0.15, 0.2) is 0 Å². The third-order valence-corrected chi connectivity index (χ3v) is 4.94. The topological polar surface area (TPSA) is 62.1 Å². The van der Waals surface area contributed by atoms with Gasteiger partial charge in [0.2, 0.25) is 0 Å². The summed E-state index contributed by atoms with van der Waals surface area (Å²) in [5, 5.41) is 12.5. The third-order valence-electron chi connectivity index (χ3n) is 4.12. The normalized spacial score (nSPS) is 10.9. The van der Waals surface area contributed by atoms with Crippen molar-refractivity contribution in [1.82, 2.24) is 0 Å². The lowest BCUT2D eigenvalue weighted by Gasteiger charge is -2.11. The van der Waals surface area contributed by atoms with Crippen molar-refractivity contribution in [2.75, 3.05) is 5.32 Å². The minimum Gasteiger partial charge on any atom is -0.488 e. The predicted octanol–water partition coefficient (Wildman–Crippen LogP) is 6.26. The van der Waals surface area contributed by atoms with Crippen molar-refractivity contribution in [2.45, 2.75) is 6.61 Å². The molecule has 0 unspecified atom stereocenters. The maximum absolute atomic E-state index is 13.8. The van der Waals surface area contributed by atoms with E-state index >= 15 is 0 Å². The van der Waals surface area contributed by atoms with Crippen LogP contribution in [0.3, 0.4) is 0 Å². The Morgan fingerprint density at radius 1 is 1.07 bits per heavy atom. The highest BCUT2D eigenvalue weighted by Gasteiger charge is 2.14. The Hall–Kier alpha value is -3.33. The summed E-state index contributed by atoms with van der Waals surface area (Å²) in [6.07, 6.45) is 1.39. The van der Waals surface area contributed by atoms with Crippen LogP contribution in [0.1, 0.15) is 11.1 Å². The smallest absolute Gasteiger partial charge is 0.266 e. The van der Waals surface area contributed by atoms with Crippen LogP contribution < -0.4 is 10.1 Å². The van der Waals surface area contributed by atoms with Gasteiger partial charge < -0.3 is 10.1 Å². The number of benzene rings is 3. The summed E-state index contributed by atoms with van der Waals surface area (Å²) in [5.41, 5.74) is 1.02. The summed E-state index contributed by atoms with van der Waals surface area (Å²) >= 11 is 12.0. The van der Waals surface area contributed by atoms with Crippen molar-refractivity contribution in [3.05, 3.63) is 99.3 Å². The second-order valence-electron chi connectivity index (χ2n) is 6.14. The standard InChI is InChI=1S/C23H15Cl2FN2O2/c24-18-8-5-10-20(22(18)25)28-23(29)17(13-27)12-15-6-2-4-11-21(15)30-14-16-7-1-3-9-19(16)26/h1-12H,14H2,(H,28,29)/b17-12-. The highest BCUT2D eigenvalue weighted by atomic mass is 35.5. The first-order valence-corrected chi connectivity index (χ1v) is 9.57. The van der Waals surface area contributed by atoms with Gasteiger partial charge in [0.25, 0.3) is 5.91 Å². The fraction of sp³-hybridized carbons (Fsp3) is 0.0435. The van der Waals surface area contributed by atoms with Crippen molar-refractivity contribution in [2.24, 2.45) is 0 Å². The first kappa shape index (κ1) is 21.4. The van der Waals surface area contributed by atoms with Gasteiger partial charge in [-0.15, -0.1) is 0 Å². The summed E-state index contributed by atoms with van der Waals surface area (Å²) in [5.74, 6) is -0.617. The molecule has 0 bridgehead atoms. The van der Waals surface area contributed by atoms with Crippen LogP contribution in [-0.4, -0.2) is 5.91 Å². The molecular weight excluding hydrogens is 426 g/mol. The number of halogens is 3. The zero-order chi connectivity index (χ0) is 21.5. The van der Waals surface area contributed by atoms with Crippen LogP contribution in [-0.2, 0) is 11.4 Å². The maximum atomic E-state index is 13.8. The lowest BCUT2D eigenvalue weighted by molar-refractivity contribution is -0.112. The van der Waals surface area contributed by atoms with Crippen LogP contribution in [0.4, 0.5) is 10.1 Å². The van der Waals surface area contributed by atoms with Crippen molar-refractivity contribution in [3.63, 3.8) is 0 Å². The Morgan fingerprint density at radius 3 is 2.57 bits per heavy atom. The van der Waals surface area contributed by atoms with E-state index < -0.39 is 5.91 Å². The SMILES string of the molecule is N#C/C(=C/c1ccccc1OCc1ccccc1F)C(=O)Nc1cccc(Cl)c1Cl. The Balaban J connectivity index is 1.82. The second kappa shape index (κ2) is 9.93. The molecule has 0 aliphatic carbocycles. The molecule has 0 aliphatic heterocycles. The van der Waals surface area contributed by atoms with Gasteiger partial charge in [-0.25, -0.2) is 4.39 Å². The van der Waals surface area contributed by atoms with Gasteiger partial charge in [-0.1, -0.05) is 65.7 Å². The Kier molecular flexibility index (Phi) is 7.08. The molecule has 0 aromatic heterocycles. The highest BCUT2D eigenvalue weighted by molar-refractivity contribution is 6.44. The monoisotopic (exact) mass is 440 g/mol. The summed E-state index contributed by atoms with van der Waals surface area (Å²) in [7, 11) is 0. The zero-order valence-corrected chi connectivity index (χ0v) is 17.0. The second-order valence-corrected chi connectivity index (χ2v) is 6.93. The Labute approximate surface area is 183 Å². The van der Waals surface area contributed by atoms with Crippen molar-refractivity contribution >= 4 is 40.9 Å². The molecule has 30 heavy (non-hydrogen) atoms. The van der Waals surface area contributed by atoms with Crippen molar-refractivity contribution < 1.29 is 13.9 Å². The number of nitriles is 1. The van der Waals surface area contributed by atoms with Gasteiger partial charge >= 0.3 is 0 Å². The van der Waals surface area contributed by atoms with Gasteiger partial charge in [0.05, 0.1) is 15.7 Å². The molecule has 7 heteroatoms. The van der Waals surface area contributed by atoms with Crippen LogP contribution in [0, 0.1) is 17.1 Å². The molecule has 3 rings (SSSR count). The molecule has 3 aromatic carbocycles. The van der Waals surface area contributed by atoms with E-state index in [0.29, 0.717) is 22.6 Å². The number of ether oxygens (including phenoxy) is 1. The Morgan fingerprint density at radius 2 is 1.80 bits per heavy atom. The fourth-order valence-electron chi connectivity index (χ4n) is 2.60. The molecule has 4 nitrogen and oxygen atoms in total. The summed E-state index contributed by atoms with van der Waals surface area (Å²) < 4.78 is 19.5. The number of nitrogens with zero attached hydrogens (tertiary/aromatic N) is 1. The van der Waals surface area contributed by atoms with Gasteiger partial charge in [0.1, 0.15) is 29.8 Å². The van der Waals surface area contributed by atoms with E-state index in [1.165, 1.54) is 12.1 Å². The van der Waals surface area contributed by atoms with E-state index in [9.17, 15) is 14.4 Å². The predicted molar refractivity (Wildman–Crippen MR) is 116 cm³/mol. The van der Waals surface area contributed by atoms with Gasteiger partial charge in [-0.05, 0) is 30.3 Å². The van der Waals surface area contributed by atoms with Crippen molar-refractivity contribution in [3.8, 4) is 11.8 Å². The number of anilines is 1. The number of carbonyl (C=O) groups excluding carboxylic acids is 1. The van der Waals surface area contributed by atoms with Gasteiger partial charge in [0, 0.05) is 11.1 Å². The third kappa shape index (κ3) is 5.18. The van der Waals surface area contributed by atoms with E-state index in [-0.39, 0.29) is 28.0 Å². The first-order valence-electron chi connectivity index (χ1n) is 8.82. The van der Waals surface area contributed by atoms with Gasteiger partial charge in [-0.2, -0.15) is 5.26 Å². The van der Waals surface area contributed by atoms with E-state index in [1.54, 1.807) is 60.7 Å². The van der Waals surface area contributed by atoms with Crippen LogP contribution in [0.2, 0.25) is 10.0 Å². The average molecular weight is 441 g/mol. The maximum Gasteiger partial charge on any atom is 0.266 e. The molecule has 0 radical (unpaired) electrons. The van der Waals surface area contributed by atoms with E-state index in [0.717, 1.165) is 0 Å². The molecule has 0 atom stereocenters. The number of hydrogen-bond donors (Lipinski definition) is 1.